The lowest BCUT2D eigenvalue weighted by atomic mass is 10.1. The van der Waals surface area contributed by atoms with Gasteiger partial charge in [-0.2, -0.15) is 18.3 Å². The van der Waals surface area contributed by atoms with Crippen LogP contribution >= 0.6 is 0 Å². The molecule has 192 valence electrons. The van der Waals surface area contributed by atoms with E-state index in [9.17, 15) is 27.6 Å². The Hall–Kier alpha value is -4.67. The van der Waals surface area contributed by atoms with Crippen LogP contribution in [-0.2, 0) is 27.0 Å². The molecular weight excluding hydrogens is 489 g/mol. The number of hydrazone groups is 1. The predicted octanol–water partition coefficient (Wildman–Crippen LogP) is 4.37. The fourth-order valence-electron chi connectivity index (χ4n) is 3.17. The van der Waals surface area contributed by atoms with Crippen molar-refractivity contribution in [3.8, 4) is 5.75 Å². The maximum atomic E-state index is 12.8. The number of amides is 3. The van der Waals surface area contributed by atoms with Gasteiger partial charge in [-0.05, 0) is 48.4 Å². The Bertz CT molecular complexity index is 1310. The van der Waals surface area contributed by atoms with Gasteiger partial charge >= 0.3 is 18.0 Å². The molecule has 0 fully saturated rings. The highest BCUT2D eigenvalue weighted by molar-refractivity contribution is 6.39. The van der Waals surface area contributed by atoms with Crippen molar-refractivity contribution >= 4 is 35.3 Å². The number of nitrogens with zero attached hydrogens (tertiary/aromatic N) is 1. The summed E-state index contributed by atoms with van der Waals surface area (Å²) in [6.45, 7) is 1.43. The minimum atomic E-state index is -4.54. The van der Waals surface area contributed by atoms with E-state index in [4.69, 9.17) is 4.74 Å². The van der Waals surface area contributed by atoms with E-state index in [0.717, 1.165) is 17.7 Å². The van der Waals surface area contributed by atoms with Crippen LogP contribution in [0.15, 0.2) is 77.9 Å². The first kappa shape index (κ1) is 26.9. The van der Waals surface area contributed by atoms with Crippen LogP contribution in [0.5, 0.6) is 5.75 Å². The van der Waals surface area contributed by atoms with Gasteiger partial charge in [-0.15, -0.1) is 0 Å². The van der Waals surface area contributed by atoms with Crippen molar-refractivity contribution < 1.29 is 32.3 Å². The highest BCUT2D eigenvalue weighted by Gasteiger charge is 2.30. The van der Waals surface area contributed by atoms with Crippen molar-refractivity contribution in [3.63, 3.8) is 0 Å². The summed E-state index contributed by atoms with van der Waals surface area (Å²) in [5.74, 6) is -2.33. The molecule has 3 amide bonds. The monoisotopic (exact) mass is 512 g/mol. The molecule has 3 aromatic carbocycles. The minimum absolute atomic E-state index is 0.0270. The number of anilines is 2. The zero-order chi connectivity index (χ0) is 26.8. The number of benzene rings is 3. The number of carbonyl (C=O) groups is 3. The molecule has 0 aliphatic carbocycles. The summed E-state index contributed by atoms with van der Waals surface area (Å²) in [6, 6.07) is 17.7. The Morgan fingerprint density at radius 2 is 1.65 bits per heavy atom. The molecule has 0 saturated carbocycles. The molecule has 0 saturated heterocycles. The van der Waals surface area contributed by atoms with E-state index in [1.54, 1.807) is 30.3 Å². The fourth-order valence-corrected chi connectivity index (χ4v) is 3.17. The van der Waals surface area contributed by atoms with Crippen LogP contribution in [-0.4, -0.2) is 30.5 Å². The highest BCUT2D eigenvalue weighted by Crippen LogP contribution is 2.30. The summed E-state index contributed by atoms with van der Waals surface area (Å²) in [5.41, 5.74) is 2.98. The van der Waals surface area contributed by atoms with E-state index in [1.165, 1.54) is 24.4 Å². The van der Waals surface area contributed by atoms with Crippen molar-refractivity contribution in [2.24, 2.45) is 5.10 Å². The van der Waals surface area contributed by atoms with E-state index in [2.05, 4.69) is 21.2 Å². The maximum Gasteiger partial charge on any atom is 0.416 e. The third-order valence-electron chi connectivity index (χ3n) is 4.97. The summed E-state index contributed by atoms with van der Waals surface area (Å²) >= 11 is 0. The van der Waals surface area contributed by atoms with Gasteiger partial charge in [-0.1, -0.05) is 43.3 Å². The third kappa shape index (κ3) is 7.92. The van der Waals surface area contributed by atoms with Crippen molar-refractivity contribution in [1.82, 2.24) is 5.43 Å². The van der Waals surface area contributed by atoms with Crippen LogP contribution in [0.1, 0.15) is 23.6 Å². The number of para-hydroxylation sites is 2. The van der Waals surface area contributed by atoms with E-state index < -0.39 is 36.1 Å². The average Bonchev–Trinajstić information content (AvgIpc) is 2.88. The molecule has 0 radical (unpaired) electrons. The normalized spacial score (nSPS) is 11.1. The summed E-state index contributed by atoms with van der Waals surface area (Å²) in [5, 5.41) is 8.64. The van der Waals surface area contributed by atoms with Crippen LogP contribution < -0.4 is 20.8 Å². The second-order valence-electron chi connectivity index (χ2n) is 7.62. The zero-order valence-electron chi connectivity index (χ0n) is 19.6. The van der Waals surface area contributed by atoms with Gasteiger partial charge in [0.1, 0.15) is 5.75 Å². The molecule has 0 aliphatic rings. The molecule has 0 aromatic heterocycles. The minimum Gasteiger partial charge on any atom is -0.483 e. The Morgan fingerprint density at radius 3 is 2.41 bits per heavy atom. The molecule has 0 spiro atoms. The van der Waals surface area contributed by atoms with Crippen molar-refractivity contribution in [3.05, 3.63) is 89.5 Å². The molecule has 0 atom stereocenters. The SMILES string of the molecule is CCc1ccccc1NC(=O)C(=O)N/N=C\c1ccccc1OCC(=O)Nc1cccc(C(F)(F)F)c1. The molecular formula is C26H23F3N4O4. The summed E-state index contributed by atoms with van der Waals surface area (Å²) in [4.78, 5) is 36.4. The number of rotatable bonds is 8. The molecule has 0 unspecified atom stereocenters. The first-order chi connectivity index (χ1) is 17.7. The van der Waals surface area contributed by atoms with Gasteiger partial charge in [0.05, 0.1) is 11.8 Å². The Kier molecular flexibility index (Phi) is 8.98. The van der Waals surface area contributed by atoms with Gasteiger partial charge in [0.15, 0.2) is 6.61 Å². The number of carbonyl (C=O) groups excluding carboxylic acids is 3. The van der Waals surface area contributed by atoms with E-state index in [1.807, 2.05) is 19.1 Å². The summed E-state index contributed by atoms with van der Waals surface area (Å²) < 4.78 is 44.0. The molecule has 37 heavy (non-hydrogen) atoms. The molecule has 3 aromatic rings. The summed E-state index contributed by atoms with van der Waals surface area (Å²) in [7, 11) is 0. The van der Waals surface area contributed by atoms with Crippen molar-refractivity contribution in [2.45, 2.75) is 19.5 Å². The first-order valence-electron chi connectivity index (χ1n) is 11.1. The molecule has 11 heteroatoms. The molecule has 0 bridgehead atoms. The standard InChI is InChI=1S/C26H23F3N4O4/c1-2-17-8-3-5-12-21(17)32-24(35)25(36)33-30-15-18-9-4-6-13-22(18)37-16-23(34)31-20-11-7-10-19(14-20)26(27,28)29/h3-15H,2,16H2,1H3,(H,31,34)(H,32,35)(H,33,36)/b30-15-. The second-order valence-corrected chi connectivity index (χ2v) is 7.62. The Morgan fingerprint density at radius 1 is 0.919 bits per heavy atom. The van der Waals surface area contributed by atoms with Gasteiger partial charge in [-0.25, -0.2) is 5.43 Å². The van der Waals surface area contributed by atoms with E-state index in [0.29, 0.717) is 17.7 Å². The number of hydrogen-bond acceptors (Lipinski definition) is 5. The van der Waals surface area contributed by atoms with Gasteiger partial charge < -0.3 is 15.4 Å². The lowest BCUT2D eigenvalue weighted by molar-refractivity contribution is -0.137. The van der Waals surface area contributed by atoms with E-state index in [-0.39, 0.29) is 11.4 Å². The van der Waals surface area contributed by atoms with E-state index >= 15 is 0 Å². The highest BCUT2D eigenvalue weighted by atomic mass is 19.4. The number of ether oxygens (including phenoxy) is 1. The summed E-state index contributed by atoms with van der Waals surface area (Å²) in [6.07, 6.45) is -2.64. The molecule has 0 aliphatic heterocycles. The van der Waals surface area contributed by atoms with Gasteiger partial charge in [-0.3, -0.25) is 14.4 Å². The third-order valence-corrected chi connectivity index (χ3v) is 4.97. The Balaban J connectivity index is 1.55. The smallest absolute Gasteiger partial charge is 0.416 e. The largest absolute Gasteiger partial charge is 0.483 e. The quantitative estimate of drug-likeness (QED) is 0.237. The Labute approximate surface area is 210 Å². The first-order valence-corrected chi connectivity index (χ1v) is 11.1. The van der Waals surface area contributed by atoms with Crippen LogP contribution in [0.25, 0.3) is 0 Å². The van der Waals surface area contributed by atoms with Crippen LogP contribution in [0.3, 0.4) is 0 Å². The van der Waals surface area contributed by atoms with Crippen molar-refractivity contribution in [1.29, 1.82) is 0 Å². The van der Waals surface area contributed by atoms with Crippen LogP contribution in [0.4, 0.5) is 24.5 Å². The number of aryl methyl sites for hydroxylation is 1. The number of halogens is 3. The molecule has 3 N–H and O–H groups in total. The van der Waals surface area contributed by atoms with Gasteiger partial charge in [0, 0.05) is 16.9 Å². The molecule has 8 nitrogen and oxygen atoms in total. The predicted molar refractivity (Wildman–Crippen MR) is 132 cm³/mol. The molecule has 3 rings (SSSR count). The topological polar surface area (TPSA) is 109 Å². The maximum absolute atomic E-state index is 12.8. The number of alkyl halides is 3. The lowest BCUT2D eigenvalue weighted by Crippen LogP contribution is -2.32. The average molecular weight is 512 g/mol. The zero-order valence-corrected chi connectivity index (χ0v) is 19.6. The number of nitrogens with one attached hydrogen (secondary N) is 3. The molecule has 0 heterocycles. The number of hydrogen-bond donors (Lipinski definition) is 3. The van der Waals surface area contributed by atoms with Gasteiger partial charge in [0.25, 0.3) is 5.91 Å². The van der Waals surface area contributed by atoms with Crippen molar-refractivity contribution in [2.75, 3.05) is 17.2 Å². The lowest BCUT2D eigenvalue weighted by Gasteiger charge is -2.11. The van der Waals surface area contributed by atoms with Crippen LogP contribution in [0.2, 0.25) is 0 Å². The van der Waals surface area contributed by atoms with Gasteiger partial charge in [0.2, 0.25) is 0 Å². The fraction of sp³-hybridized carbons (Fsp3) is 0.154. The van der Waals surface area contributed by atoms with Crippen LogP contribution in [0, 0.1) is 0 Å². The second kappa shape index (κ2) is 12.3.